The van der Waals surface area contributed by atoms with E-state index in [-0.39, 0.29) is 18.5 Å². The molecule has 0 unspecified atom stereocenters. The molecule has 1 saturated carbocycles. The zero-order chi connectivity index (χ0) is 16.4. The van der Waals surface area contributed by atoms with E-state index in [2.05, 4.69) is 12.2 Å². The molecule has 23 heavy (non-hydrogen) atoms. The molecule has 5 heteroatoms. The van der Waals surface area contributed by atoms with E-state index >= 15 is 0 Å². The van der Waals surface area contributed by atoms with Crippen molar-refractivity contribution < 1.29 is 13.6 Å². The first-order valence-corrected chi connectivity index (χ1v) is 8.57. The van der Waals surface area contributed by atoms with Gasteiger partial charge in [0.05, 0.1) is 12.2 Å². The van der Waals surface area contributed by atoms with Crippen molar-refractivity contribution in [3.63, 3.8) is 0 Å². The number of benzene rings is 1. The van der Waals surface area contributed by atoms with Gasteiger partial charge in [0.25, 0.3) is 0 Å². The fourth-order valence-corrected chi connectivity index (χ4v) is 3.85. The van der Waals surface area contributed by atoms with Crippen LogP contribution in [-0.2, 0) is 11.2 Å². The van der Waals surface area contributed by atoms with Gasteiger partial charge in [-0.25, -0.2) is 8.78 Å². The molecule has 2 atom stereocenters. The summed E-state index contributed by atoms with van der Waals surface area (Å²) in [4.78, 5) is 14.1. The summed E-state index contributed by atoms with van der Waals surface area (Å²) in [6.45, 7) is 2.94. The third kappa shape index (κ3) is 3.65. The van der Waals surface area contributed by atoms with Crippen LogP contribution in [0, 0.1) is 17.6 Å². The van der Waals surface area contributed by atoms with Crippen molar-refractivity contribution >= 4 is 11.6 Å². The van der Waals surface area contributed by atoms with Gasteiger partial charge in [0.1, 0.15) is 11.6 Å². The molecular formula is C18H24F2N2O. The molecule has 0 bridgehead atoms. The van der Waals surface area contributed by atoms with E-state index in [0.29, 0.717) is 30.1 Å². The maximum absolute atomic E-state index is 14.1. The Balaban J connectivity index is 1.68. The summed E-state index contributed by atoms with van der Waals surface area (Å²) in [6, 6.07) is 2.50. The van der Waals surface area contributed by atoms with Crippen LogP contribution >= 0.6 is 0 Å². The number of nitrogens with zero attached hydrogens (tertiary/aromatic N) is 1. The van der Waals surface area contributed by atoms with Crippen LogP contribution < -0.4 is 10.2 Å². The SMILES string of the molecule is C[C@H]1CCCC[C@H]1NC(=O)CN1CCCc2cc(F)cc(F)c21. The van der Waals surface area contributed by atoms with Crippen molar-refractivity contribution in [2.75, 3.05) is 18.0 Å². The third-order valence-electron chi connectivity index (χ3n) is 5.09. The van der Waals surface area contributed by atoms with E-state index in [1.54, 1.807) is 4.90 Å². The maximum atomic E-state index is 14.1. The summed E-state index contributed by atoms with van der Waals surface area (Å²) in [5.74, 6) is -0.699. The molecule has 0 saturated heterocycles. The highest BCUT2D eigenvalue weighted by atomic mass is 19.1. The largest absolute Gasteiger partial charge is 0.360 e. The Bertz CT molecular complexity index is 591. The Morgan fingerprint density at radius 3 is 2.83 bits per heavy atom. The summed E-state index contributed by atoms with van der Waals surface area (Å²) in [5.41, 5.74) is 1.05. The number of nitrogens with one attached hydrogen (secondary N) is 1. The zero-order valence-electron chi connectivity index (χ0n) is 13.6. The van der Waals surface area contributed by atoms with Crippen LogP contribution in [-0.4, -0.2) is 25.0 Å². The van der Waals surface area contributed by atoms with Gasteiger partial charge in [-0.05, 0) is 43.2 Å². The minimum Gasteiger partial charge on any atom is -0.360 e. The van der Waals surface area contributed by atoms with E-state index in [1.165, 1.54) is 12.5 Å². The Morgan fingerprint density at radius 2 is 2.04 bits per heavy atom. The normalized spacial score (nSPS) is 24.2. The maximum Gasteiger partial charge on any atom is 0.239 e. The van der Waals surface area contributed by atoms with Crippen molar-refractivity contribution in [1.82, 2.24) is 5.32 Å². The van der Waals surface area contributed by atoms with Gasteiger partial charge in [-0.15, -0.1) is 0 Å². The Hall–Kier alpha value is -1.65. The summed E-state index contributed by atoms with van der Waals surface area (Å²) < 4.78 is 27.5. The number of fused-ring (bicyclic) bond motifs is 1. The standard InChI is InChI=1S/C18H24F2N2O/c1-12-5-2-3-7-16(12)21-17(23)11-22-8-4-6-13-9-14(19)10-15(20)18(13)22/h9-10,12,16H,2-8,11H2,1H3,(H,21,23)/t12-,16+/m0/s1. The summed E-state index contributed by atoms with van der Waals surface area (Å²) >= 11 is 0. The Morgan fingerprint density at radius 1 is 1.26 bits per heavy atom. The molecule has 1 heterocycles. The minimum absolute atomic E-state index is 0.0691. The smallest absolute Gasteiger partial charge is 0.239 e. The number of carbonyl (C=O) groups excluding carboxylic acids is 1. The van der Waals surface area contributed by atoms with Crippen LogP contribution in [0.2, 0.25) is 0 Å². The number of halogens is 2. The summed E-state index contributed by atoms with van der Waals surface area (Å²) in [5, 5.41) is 3.10. The molecule has 1 N–H and O–H groups in total. The predicted molar refractivity (Wildman–Crippen MR) is 86.5 cm³/mol. The van der Waals surface area contributed by atoms with E-state index in [0.717, 1.165) is 31.7 Å². The number of hydrogen-bond acceptors (Lipinski definition) is 2. The monoisotopic (exact) mass is 322 g/mol. The van der Waals surface area contributed by atoms with Crippen molar-refractivity contribution in [2.45, 2.75) is 51.5 Å². The van der Waals surface area contributed by atoms with Crippen LogP contribution in [0.25, 0.3) is 0 Å². The lowest BCUT2D eigenvalue weighted by Crippen LogP contribution is -2.46. The van der Waals surface area contributed by atoms with Gasteiger partial charge in [0.2, 0.25) is 5.91 Å². The second kappa shape index (κ2) is 6.85. The third-order valence-corrected chi connectivity index (χ3v) is 5.09. The molecule has 1 aromatic carbocycles. The first-order valence-electron chi connectivity index (χ1n) is 8.57. The number of amides is 1. The van der Waals surface area contributed by atoms with Crippen molar-refractivity contribution in [3.8, 4) is 0 Å². The van der Waals surface area contributed by atoms with E-state index < -0.39 is 11.6 Å². The average Bonchev–Trinajstić information content (AvgIpc) is 2.49. The highest BCUT2D eigenvalue weighted by Gasteiger charge is 2.26. The molecule has 0 spiro atoms. The molecule has 1 fully saturated rings. The molecule has 2 aliphatic rings. The fraction of sp³-hybridized carbons (Fsp3) is 0.611. The number of anilines is 1. The lowest BCUT2D eigenvalue weighted by atomic mass is 9.86. The number of rotatable bonds is 3. The molecule has 126 valence electrons. The van der Waals surface area contributed by atoms with Crippen LogP contribution in [0.1, 0.15) is 44.6 Å². The van der Waals surface area contributed by atoms with Gasteiger partial charge in [0.15, 0.2) is 0 Å². The summed E-state index contributed by atoms with van der Waals surface area (Å²) in [6.07, 6.45) is 6.00. The van der Waals surface area contributed by atoms with Crippen LogP contribution in [0.4, 0.5) is 14.5 Å². The van der Waals surface area contributed by atoms with Crippen LogP contribution in [0.5, 0.6) is 0 Å². The quantitative estimate of drug-likeness (QED) is 0.925. The Kier molecular flexibility index (Phi) is 4.83. The highest BCUT2D eigenvalue weighted by molar-refractivity contribution is 5.82. The average molecular weight is 322 g/mol. The zero-order valence-corrected chi connectivity index (χ0v) is 13.6. The lowest BCUT2D eigenvalue weighted by molar-refractivity contribution is -0.121. The van der Waals surface area contributed by atoms with Crippen LogP contribution in [0.15, 0.2) is 12.1 Å². The second-order valence-electron chi connectivity index (χ2n) is 6.86. The fourth-order valence-electron chi connectivity index (χ4n) is 3.85. The van der Waals surface area contributed by atoms with Gasteiger partial charge in [-0.1, -0.05) is 19.8 Å². The molecule has 1 aliphatic heterocycles. The molecule has 3 rings (SSSR count). The molecule has 0 aromatic heterocycles. The van der Waals surface area contributed by atoms with E-state index in [9.17, 15) is 13.6 Å². The second-order valence-corrected chi connectivity index (χ2v) is 6.86. The molecule has 1 aromatic rings. The van der Waals surface area contributed by atoms with Crippen LogP contribution in [0.3, 0.4) is 0 Å². The molecule has 1 amide bonds. The number of aryl methyl sites for hydroxylation is 1. The van der Waals surface area contributed by atoms with Crippen molar-refractivity contribution in [2.24, 2.45) is 5.92 Å². The Labute approximate surface area is 136 Å². The minimum atomic E-state index is -0.571. The van der Waals surface area contributed by atoms with Crippen molar-refractivity contribution in [3.05, 3.63) is 29.3 Å². The number of carbonyl (C=O) groups is 1. The molecule has 1 aliphatic carbocycles. The van der Waals surface area contributed by atoms with Gasteiger partial charge >= 0.3 is 0 Å². The van der Waals surface area contributed by atoms with Gasteiger partial charge in [0, 0.05) is 18.7 Å². The van der Waals surface area contributed by atoms with E-state index in [1.807, 2.05) is 0 Å². The first kappa shape index (κ1) is 16.2. The highest BCUT2D eigenvalue weighted by Crippen LogP contribution is 2.31. The molecule has 3 nitrogen and oxygen atoms in total. The number of hydrogen-bond donors (Lipinski definition) is 1. The first-order chi connectivity index (χ1) is 11.0. The van der Waals surface area contributed by atoms with Crippen molar-refractivity contribution in [1.29, 1.82) is 0 Å². The summed E-state index contributed by atoms with van der Waals surface area (Å²) in [7, 11) is 0. The lowest BCUT2D eigenvalue weighted by Gasteiger charge is -2.33. The van der Waals surface area contributed by atoms with Gasteiger partial charge in [-0.3, -0.25) is 4.79 Å². The molecule has 0 radical (unpaired) electrons. The molecular weight excluding hydrogens is 298 g/mol. The van der Waals surface area contributed by atoms with E-state index in [4.69, 9.17) is 0 Å². The predicted octanol–water partition coefficient (Wildman–Crippen LogP) is 3.41. The topological polar surface area (TPSA) is 32.3 Å². The van der Waals surface area contributed by atoms with Gasteiger partial charge in [-0.2, -0.15) is 0 Å². The van der Waals surface area contributed by atoms with Gasteiger partial charge < -0.3 is 10.2 Å².